The van der Waals surface area contributed by atoms with Gasteiger partial charge in [0.1, 0.15) is 5.75 Å². The van der Waals surface area contributed by atoms with Crippen LogP contribution < -0.4 is 10.2 Å². The van der Waals surface area contributed by atoms with E-state index < -0.39 is 0 Å². The number of nitriles is 1. The van der Waals surface area contributed by atoms with Crippen LogP contribution in [-0.2, 0) is 4.79 Å². The van der Waals surface area contributed by atoms with Crippen molar-refractivity contribution in [2.45, 2.75) is 27.2 Å². The second-order valence-electron chi connectivity index (χ2n) is 4.52. The van der Waals surface area contributed by atoms with Crippen LogP contribution in [-0.4, -0.2) is 18.2 Å². The number of rotatable bonds is 6. The number of amides is 1. The van der Waals surface area contributed by atoms with Crippen LogP contribution in [0.25, 0.3) is 0 Å². The first-order valence-corrected chi connectivity index (χ1v) is 6.52. The summed E-state index contributed by atoms with van der Waals surface area (Å²) >= 11 is 0. The van der Waals surface area contributed by atoms with Gasteiger partial charge >= 0.3 is 0 Å². The molecule has 0 bridgehead atoms. The predicted molar refractivity (Wildman–Crippen MR) is 77.4 cm³/mol. The standard InChI is InChI=1S/C15H19N3O2/c1-4-11(2)12(3)17-18-15(19)10-20-14-7-5-13(9-16)6-8-14/h5-8,11H,4,10H2,1-3H3,(H,18,19). The Labute approximate surface area is 119 Å². The molecule has 0 saturated carbocycles. The molecule has 1 amide bonds. The molecule has 5 heteroatoms. The van der Waals surface area contributed by atoms with E-state index in [9.17, 15) is 4.79 Å². The molecule has 1 unspecified atom stereocenters. The summed E-state index contributed by atoms with van der Waals surface area (Å²) in [5.41, 5.74) is 3.90. The van der Waals surface area contributed by atoms with E-state index in [1.807, 2.05) is 13.0 Å². The first kappa shape index (κ1) is 15.7. The minimum atomic E-state index is -0.308. The van der Waals surface area contributed by atoms with Gasteiger partial charge in [-0.25, -0.2) is 5.43 Å². The Morgan fingerprint density at radius 3 is 2.65 bits per heavy atom. The van der Waals surface area contributed by atoms with Gasteiger partial charge in [-0.05, 0) is 43.5 Å². The van der Waals surface area contributed by atoms with Crippen molar-refractivity contribution < 1.29 is 9.53 Å². The second kappa shape index (κ2) is 7.95. The van der Waals surface area contributed by atoms with Gasteiger partial charge in [0.2, 0.25) is 0 Å². The number of hydrogen-bond donors (Lipinski definition) is 1. The lowest BCUT2D eigenvalue weighted by molar-refractivity contribution is -0.123. The highest BCUT2D eigenvalue weighted by Crippen LogP contribution is 2.11. The molecule has 1 aromatic carbocycles. The van der Waals surface area contributed by atoms with Crippen molar-refractivity contribution in [1.82, 2.24) is 5.43 Å². The van der Waals surface area contributed by atoms with E-state index in [-0.39, 0.29) is 12.5 Å². The Balaban J connectivity index is 2.41. The molecule has 1 atom stereocenters. The first-order chi connectivity index (χ1) is 9.56. The summed E-state index contributed by atoms with van der Waals surface area (Å²) < 4.78 is 5.30. The molecule has 20 heavy (non-hydrogen) atoms. The number of benzene rings is 1. The van der Waals surface area contributed by atoms with E-state index in [2.05, 4.69) is 24.4 Å². The molecule has 0 radical (unpaired) electrons. The van der Waals surface area contributed by atoms with E-state index in [0.29, 0.717) is 17.2 Å². The molecular formula is C15H19N3O2. The van der Waals surface area contributed by atoms with Crippen LogP contribution in [0.3, 0.4) is 0 Å². The molecule has 0 spiro atoms. The van der Waals surface area contributed by atoms with Gasteiger partial charge in [-0.15, -0.1) is 0 Å². The molecular weight excluding hydrogens is 254 g/mol. The number of hydrazone groups is 1. The average Bonchev–Trinajstić information content (AvgIpc) is 2.50. The van der Waals surface area contributed by atoms with Gasteiger partial charge < -0.3 is 4.74 Å². The molecule has 0 saturated heterocycles. The summed E-state index contributed by atoms with van der Waals surface area (Å²) in [7, 11) is 0. The fraction of sp³-hybridized carbons (Fsp3) is 0.400. The van der Waals surface area contributed by atoms with E-state index >= 15 is 0 Å². The summed E-state index contributed by atoms with van der Waals surface area (Å²) in [5, 5.41) is 12.7. The predicted octanol–water partition coefficient (Wildman–Crippen LogP) is 2.48. The number of nitrogens with one attached hydrogen (secondary N) is 1. The molecule has 0 aliphatic heterocycles. The highest BCUT2D eigenvalue weighted by atomic mass is 16.5. The van der Waals surface area contributed by atoms with Gasteiger partial charge in [-0.3, -0.25) is 4.79 Å². The smallest absolute Gasteiger partial charge is 0.277 e. The molecule has 0 aliphatic rings. The lowest BCUT2D eigenvalue weighted by atomic mass is 10.1. The quantitative estimate of drug-likeness (QED) is 0.639. The van der Waals surface area contributed by atoms with Gasteiger partial charge in [0.25, 0.3) is 5.91 Å². The molecule has 0 heterocycles. The number of ether oxygens (including phenoxy) is 1. The number of hydrogen-bond acceptors (Lipinski definition) is 4. The monoisotopic (exact) mass is 273 g/mol. The summed E-state index contributed by atoms with van der Waals surface area (Å²) in [6.45, 7) is 5.90. The third-order valence-corrected chi connectivity index (χ3v) is 3.04. The Hall–Kier alpha value is -2.35. The van der Waals surface area contributed by atoms with Gasteiger partial charge in [-0.1, -0.05) is 13.8 Å². The Bertz CT molecular complexity index is 515. The van der Waals surface area contributed by atoms with Crippen molar-refractivity contribution in [3.05, 3.63) is 29.8 Å². The largest absolute Gasteiger partial charge is 0.484 e. The van der Waals surface area contributed by atoms with Crippen LogP contribution in [0.5, 0.6) is 5.75 Å². The lowest BCUT2D eigenvalue weighted by Crippen LogP contribution is -2.26. The van der Waals surface area contributed by atoms with Gasteiger partial charge in [-0.2, -0.15) is 10.4 Å². The van der Waals surface area contributed by atoms with E-state index in [1.54, 1.807) is 24.3 Å². The highest BCUT2D eigenvalue weighted by molar-refractivity contribution is 5.86. The zero-order valence-electron chi connectivity index (χ0n) is 12.0. The van der Waals surface area contributed by atoms with Crippen LogP contribution in [0.4, 0.5) is 0 Å². The average molecular weight is 273 g/mol. The van der Waals surface area contributed by atoms with Crippen LogP contribution in [0.15, 0.2) is 29.4 Å². The zero-order chi connectivity index (χ0) is 15.0. The number of nitrogens with zero attached hydrogens (tertiary/aromatic N) is 2. The molecule has 1 rings (SSSR count). The van der Waals surface area contributed by atoms with Crippen LogP contribution >= 0.6 is 0 Å². The molecule has 106 valence electrons. The molecule has 5 nitrogen and oxygen atoms in total. The van der Waals surface area contributed by atoms with Crippen molar-refractivity contribution in [3.8, 4) is 11.8 Å². The molecule has 0 aromatic heterocycles. The third-order valence-electron chi connectivity index (χ3n) is 3.04. The zero-order valence-corrected chi connectivity index (χ0v) is 12.0. The van der Waals surface area contributed by atoms with Crippen LogP contribution in [0.2, 0.25) is 0 Å². The Kier molecular flexibility index (Phi) is 6.24. The number of carbonyl (C=O) groups excluding carboxylic acids is 1. The summed E-state index contributed by atoms with van der Waals surface area (Å²) in [6, 6.07) is 8.59. The van der Waals surface area contributed by atoms with Crippen molar-refractivity contribution >= 4 is 11.6 Å². The van der Waals surface area contributed by atoms with Gasteiger partial charge in [0.15, 0.2) is 6.61 Å². The topological polar surface area (TPSA) is 74.5 Å². The molecule has 1 aromatic rings. The maximum absolute atomic E-state index is 11.6. The van der Waals surface area contributed by atoms with Gasteiger partial charge in [0, 0.05) is 5.71 Å². The summed E-state index contributed by atoms with van der Waals surface area (Å²) in [6.07, 6.45) is 0.979. The minimum absolute atomic E-state index is 0.108. The van der Waals surface area contributed by atoms with Crippen molar-refractivity contribution in [3.63, 3.8) is 0 Å². The maximum Gasteiger partial charge on any atom is 0.277 e. The van der Waals surface area contributed by atoms with Crippen LogP contribution in [0.1, 0.15) is 32.8 Å². The lowest BCUT2D eigenvalue weighted by Gasteiger charge is -2.08. The summed E-state index contributed by atoms with van der Waals surface area (Å²) in [4.78, 5) is 11.6. The van der Waals surface area contributed by atoms with Crippen molar-refractivity contribution in [1.29, 1.82) is 5.26 Å². The van der Waals surface area contributed by atoms with E-state index in [0.717, 1.165) is 12.1 Å². The van der Waals surface area contributed by atoms with E-state index in [1.165, 1.54) is 0 Å². The fourth-order valence-corrected chi connectivity index (χ4v) is 1.36. The van der Waals surface area contributed by atoms with E-state index in [4.69, 9.17) is 10.00 Å². The molecule has 0 fully saturated rings. The first-order valence-electron chi connectivity index (χ1n) is 6.52. The highest BCUT2D eigenvalue weighted by Gasteiger charge is 2.05. The number of carbonyl (C=O) groups is 1. The Morgan fingerprint density at radius 1 is 1.45 bits per heavy atom. The maximum atomic E-state index is 11.6. The third kappa shape index (κ3) is 5.11. The minimum Gasteiger partial charge on any atom is -0.484 e. The normalized spacial score (nSPS) is 12.4. The second-order valence-corrected chi connectivity index (χ2v) is 4.52. The molecule has 0 aliphatic carbocycles. The fourth-order valence-electron chi connectivity index (χ4n) is 1.36. The SMILES string of the molecule is CCC(C)C(C)=NNC(=O)COc1ccc(C#N)cc1. The Morgan fingerprint density at radius 2 is 2.10 bits per heavy atom. The summed E-state index contributed by atoms with van der Waals surface area (Å²) in [5.74, 6) is 0.577. The van der Waals surface area contributed by atoms with Gasteiger partial charge in [0.05, 0.1) is 11.6 Å². The van der Waals surface area contributed by atoms with Crippen LogP contribution in [0, 0.1) is 17.2 Å². The molecule has 1 N–H and O–H groups in total. The van der Waals surface area contributed by atoms with Crippen molar-refractivity contribution in [2.24, 2.45) is 11.0 Å². The van der Waals surface area contributed by atoms with Crippen molar-refractivity contribution in [2.75, 3.05) is 6.61 Å².